The molecule has 3 heteroatoms. The fourth-order valence-electron chi connectivity index (χ4n) is 3.64. The van der Waals surface area contributed by atoms with Crippen molar-refractivity contribution >= 4 is 22.6 Å². The molecule has 1 aromatic heterocycles. The summed E-state index contributed by atoms with van der Waals surface area (Å²) < 4.78 is 2.48. The molecule has 3 atom stereocenters. The molecule has 0 bridgehead atoms. The minimum absolute atomic E-state index is 0.573. The van der Waals surface area contributed by atoms with Gasteiger partial charge in [-0.25, -0.2) is 4.98 Å². The topological polar surface area (TPSA) is 17.8 Å². The van der Waals surface area contributed by atoms with E-state index in [0.717, 1.165) is 23.7 Å². The van der Waals surface area contributed by atoms with E-state index in [0.29, 0.717) is 17.8 Å². The summed E-state index contributed by atoms with van der Waals surface area (Å²) in [5.74, 6) is 3.29. The number of halogens is 1. The average Bonchev–Trinajstić information content (AvgIpc) is 2.80. The number of para-hydroxylation sites is 2. The van der Waals surface area contributed by atoms with Crippen LogP contribution in [0.2, 0.25) is 0 Å². The van der Waals surface area contributed by atoms with Gasteiger partial charge in [0.1, 0.15) is 5.82 Å². The number of aryl methyl sites for hydroxylation is 1. The molecule has 2 aromatic rings. The SMILES string of the molecule is CC1CCCC(n2c(CCCl)nc3ccccc32)C1C. The highest BCUT2D eigenvalue weighted by atomic mass is 35.5. The summed E-state index contributed by atoms with van der Waals surface area (Å²) in [6, 6.07) is 9.07. The van der Waals surface area contributed by atoms with Crippen molar-refractivity contribution < 1.29 is 0 Å². The number of hydrogen-bond acceptors (Lipinski definition) is 1. The lowest BCUT2D eigenvalue weighted by Crippen LogP contribution is -2.28. The molecule has 1 aliphatic carbocycles. The first kappa shape index (κ1) is 13.9. The zero-order valence-corrected chi connectivity index (χ0v) is 13.1. The van der Waals surface area contributed by atoms with Crippen LogP contribution in [-0.2, 0) is 6.42 Å². The van der Waals surface area contributed by atoms with Gasteiger partial charge in [-0.1, -0.05) is 38.8 Å². The third-order valence-corrected chi connectivity index (χ3v) is 5.17. The van der Waals surface area contributed by atoms with E-state index in [-0.39, 0.29) is 0 Å². The van der Waals surface area contributed by atoms with E-state index >= 15 is 0 Å². The Kier molecular flexibility index (Phi) is 4.02. The van der Waals surface area contributed by atoms with E-state index in [1.165, 1.54) is 24.8 Å². The number of nitrogens with zero attached hydrogens (tertiary/aromatic N) is 2. The molecule has 0 saturated heterocycles. The summed E-state index contributed by atoms with van der Waals surface area (Å²) >= 11 is 5.99. The molecular weight excluding hydrogens is 268 g/mol. The molecule has 1 aliphatic rings. The molecule has 20 heavy (non-hydrogen) atoms. The Hall–Kier alpha value is -1.02. The van der Waals surface area contributed by atoms with Gasteiger partial charge < -0.3 is 4.57 Å². The first-order chi connectivity index (χ1) is 9.72. The predicted octanol–water partition coefficient (Wildman–Crippen LogP) is 4.81. The molecule has 1 saturated carbocycles. The Balaban J connectivity index is 2.10. The van der Waals surface area contributed by atoms with Gasteiger partial charge in [0, 0.05) is 18.3 Å². The van der Waals surface area contributed by atoms with Crippen molar-refractivity contribution in [3.05, 3.63) is 30.1 Å². The lowest BCUT2D eigenvalue weighted by molar-refractivity contribution is 0.187. The van der Waals surface area contributed by atoms with E-state index in [9.17, 15) is 0 Å². The first-order valence-corrected chi connectivity index (χ1v) is 8.27. The number of imidazole rings is 1. The number of fused-ring (bicyclic) bond motifs is 1. The van der Waals surface area contributed by atoms with Crippen LogP contribution in [0.3, 0.4) is 0 Å². The van der Waals surface area contributed by atoms with Crippen molar-refractivity contribution in [1.82, 2.24) is 9.55 Å². The van der Waals surface area contributed by atoms with Crippen LogP contribution in [0.1, 0.15) is 45.0 Å². The van der Waals surface area contributed by atoms with Gasteiger partial charge in [-0.2, -0.15) is 0 Å². The van der Waals surface area contributed by atoms with Gasteiger partial charge in [-0.15, -0.1) is 11.6 Å². The van der Waals surface area contributed by atoms with Crippen molar-refractivity contribution in [1.29, 1.82) is 0 Å². The fourth-order valence-corrected chi connectivity index (χ4v) is 3.81. The third kappa shape index (κ3) is 2.35. The molecule has 0 radical (unpaired) electrons. The number of alkyl halides is 1. The summed E-state index contributed by atoms with van der Waals surface area (Å²) in [6.45, 7) is 4.78. The average molecular weight is 291 g/mol. The third-order valence-electron chi connectivity index (χ3n) is 4.98. The second-order valence-electron chi connectivity index (χ2n) is 6.16. The van der Waals surface area contributed by atoms with Gasteiger partial charge >= 0.3 is 0 Å². The lowest BCUT2D eigenvalue weighted by Gasteiger charge is -2.36. The van der Waals surface area contributed by atoms with Crippen LogP contribution in [0.5, 0.6) is 0 Å². The maximum atomic E-state index is 5.99. The normalized spacial score (nSPS) is 27.1. The molecule has 0 N–H and O–H groups in total. The van der Waals surface area contributed by atoms with Gasteiger partial charge in [-0.3, -0.25) is 0 Å². The second-order valence-corrected chi connectivity index (χ2v) is 6.54. The van der Waals surface area contributed by atoms with Crippen LogP contribution in [0.25, 0.3) is 11.0 Å². The summed E-state index contributed by atoms with van der Waals surface area (Å²) in [6.07, 6.45) is 4.80. The van der Waals surface area contributed by atoms with Crippen LogP contribution < -0.4 is 0 Å². The van der Waals surface area contributed by atoms with Crippen LogP contribution >= 0.6 is 11.6 Å². The zero-order chi connectivity index (χ0) is 14.1. The molecule has 0 amide bonds. The van der Waals surface area contributed by atoms with Crippen LogP contribution in [0, 0.1) is 11.8 Å². The standard InChI is InChI=1S/C17H23ClN2/c1-12-6-5-9-15(13(12)2)20-16-8-4-3-7-14(16)19-17(20)10-11-18/h3-4,7-8,12-13,15H,5-6,9-11H2,1-2H3. The van der Waals surface area contributed by atoms with Crippen molar-refractivity contribution in [2.75, 3.05) is 5.88 Å². The first-order valence-electron chi connectivity index (χ1n) is 7.74. The molecule has 0 aliphatic heterocycles. The quantitative estimate of drug-likeness (QED) is 0.741. The highest BCUT2D eigenvalue weighted by molar-refractivity contribution is 6.17. The Morgan fingerprint density at radius 1 is 1.25 bits per heavy atom. The summed E-state index contributed by atoms with van der Waals surface area (Å²) in [5.41, 5.74) is 2.39. The zero-order valence-electron chi connectivity index (χ0n) is 12.3. The minimum atomic E-state index is 0.573. The van der Waals surface area contributed by atoms with Crippen molar-refractivity contribution in [3.63, 3.8) is 0 Å². The second kappa shape index (κ2) is 5.77. The molecule has 3 unspecified atom stereocenters. The number of hydrogen-bond donors (Lipinski definition) is 0. The molecular formula is C17H23ClN2. The van der Waals surface area contributed by atoms with Crippen molar-refractivity contribution in [2.24, 2.45) is 11.8 Å². The fraction of sp³-hybridized carbons (Fsp3) is 0.588. The van der Waals surface area contributed by atoms with E-state index in [1.54, 1.807) is 0 Å². The lowest BCUT2D eigenvalue weighted by atomic mass is 9.78. The predicted molar refractivity (Wildman–Crippen MR) is 85.4 cm³/mol. The molecule has 1 fully saturated rings. The van der Waals surface area contributed by atoms with Gasteiger partial charge in [0.2, 0.25) is 0 Å². The Morgan fingerprint density at radius 2 is 2.05 bits per heavy atom. The molecule has 3 rings (SSSR count). The molecule has 0 spiro atoms. The van der Waals surface area contributed by atoms with E-state index < -0.39 is 0 Å². The van der Waals surface area contributed by atoms with Crippen LogP contribution in [-0.4, -0.2) is 15.4 Å². The highest BCUT2D eigenvalue weighted by Gasteiger charge is 2.30. The Bertz CT molecular complexity index is 590. The Labute approximate surface area is 126 Å². The Morgan fingerprint density at radius 3 is 2.85 bits per heavy atom. The van der Waals surface area contributed by atoms with Gasteiger partial charge in [0.05, 0.1) is 11.0 Å². The number of aromatic nitrogens is 2. The number of benzene rings is 1. The monoisotopic (exact) mass is 290 g/mol. The van der Waals surface area contributed by atoms with E-state index in [2.05, 4.69) is 42.7 Å². The largest absolute Gasteiger partial charge is 0.325 e. The summed E-state index contributed by atoms with van der Waals surface area (Å²) in [7, 11) is 0. The van der Waals surface area contributed by atoms with Crippen LogP contribution in [0.15, 0.2) is 24.3 Å². The molecule has 1 aromatic carbocycles. The van der Waals surface area contributed by atoms with E-state index in [4.69, 9.17) is 16.6 Å². The van der Waals surface area contributed by atoms with Crippen LogP contribution in [0.4, 0.5) is 0 Å². The summed E-state index contributed by atoms with van der Waals surface area (Å²) in [5, 5.41) is 0. The van der Waals surface area contributed by atoms with Gasteiger partial charge in [0.15, 0.2) is 0 Å². The van der Waals surface area contributed by atoms with Gasteiger partial charge in [-0.05, 0) is 30.4 Å². The summed E-state index contributed by atoms with van der Waals surface area (Å²) in [4.78, 5) is 4.82. The minimum Gasteiger partial charge on any atom is -0.325 e. The van der Waals surface area contributed by atoms with E-state index in [1.807, 2.05) is 0 Å². The van der Waals surface area contributed by atoms with Crippen molar-refractivity contribution in [2.45, 2.75) is 45.6 Å². The number of rotatable bonds is 3. The van der Waals surface area contributed by atoms with Crippen molar-refractivity contribution in [3.8, 4) is 0 Å². The smallest absolute Gasteiger partial charge is 0.111 e. The maximum absolute atomic E-state index is 5.99. The molecule has 2 nitrogen and oxygen atoms in total. The maximum Gasteiger partial charge on any atom is 0.111 e. The highest BCUT2D eigenvalue weighted by Crippen LogP contribution is 2.40. The molecule has 108 valence electrons. The van der Waals surface area contributed by atoms with Gasteiger partial charge in [0.25, 0.3) is 0 Å². The molecule has 1 heterocycles.